The summed E-state index contributed by atoms with van der Waals surface area (Å²) in [6, 6.07) is 5.47. The van der Waals surface area contributed by atoms with Gasteiger partial charge in [0.05, 0.1) is 5.56 Å². The summed E-state index contributed by atoms with van der Waals surface area (Å²) in [5.41, 5.74) is -0.126. The van der Waals surface area contributed by atoms with Gasteiger partial charge in [-0.05, 0) is 17.0 Å². The maximum absolute atomic E-state index is 12.4. The molecule has 0 spiro atoms. The van der Waals surface area contributed by atoms with Crippen molar-refractivity contribution in [2.45, 2.75) is 39.8 Å². The van der Waals surface area contributed by atoms with E-state index in [9.17, 15) is 13.2 Å². The van der Waals surface area contributed by atoms with Crippen LogP contribution >= 0.6 is 0 Å². The molecule has 0 heterocycles. The Labute approximate surface area is 89.1 Å². The molecule has 0 amide bonds. The van der Waals surface area contributed by atoms with Gasteiger partial charge in [0, 0.05) is 0 Å². The van der Waals surface area contributed by atoms with Crippen LogP contribution in [0.4, 0.5) is 13.2 Å². The van der Waals surface area contributed by atoms with Crippen LogP contribution < -0.4 is 0 Å². The zero-order chi connectivity index (χ0) is 11.0. The fourth-order valence-electron chi connectivity index (χ4n) is 1.16. The summed E-state index contributed by atoms with van der Waals surface area (Å²) < 4.78 is 37.1. The normalized spacial score (nSPS) is 12.1. The van der Waals surface area contributed by atoms with Gasteiger partial charge < -0.3 is 0 Å². The third-order valence-corrected chi connectivity index (χ3v) is 2.06. The highest BCUT2D eigenvalue weighted by Crippen LogP contribution is 2.32. The average Bonchev–Trinajstić information content (AvgIpc) is 2.01. The molecular weight excluding hydrogens is 201 g/mol. The van der Waals surface area contributed by atoms with Gasteiger partial charge in [-0.15, -0.1) is 0 Å². The second-order valence-electron chi connectivity index (χ2n) is 4.33. The van der Waals surface area contributed by atoms with Crippen molar-refractivity contribution in [3.63, 3.8) is 0 Å². The van der Waals surface area contributed by atoms with Crippen LogP contribution in [0.1, 0.15) is 39.3 Å². The summed E-state index contributed by atoms with van der Waals surface area (Å²) in [7, 11) is 0. The smallest absolute Gasteiger partial charge is 0.166 e. The van der Waals surface area contributed by atoms with Gasteiger partial charge >= 0.3 is 6.18 Å². The van der Waals surface area contributed by atoms with Crippen LogP contribution in [0, 0.1) is 0 Å². The van der Waals surface area contributed by atoms with Crippen LogP contribution in [0.5, 0.6) is 0 Å². The van der Waals surface area contributed by atoms with Crippen molar-refractivity contribution in [2.75, 3.05) is 0 Å². The number of halogens is 3. The molecule has 0 radical (unpaired) electrons. The largest absolute Gasteiger partial charge is 0.416 e. The summed E-state index contributed by atoms with van der Waals surface area (Å²) in [6.45, 7) is 5.67. The van der Waals surface area contributed by atoms with Gasteiger partial charge in [-0.2, -0.15) is 13.2 Å². The first kappa shape index (κ1) is 14.0. The van der Waals surface area contributed by atoms with E-state index in [4.69, 9.17) is 0 Å². The number of alkyl halides is 3. The van der Waals surface area contributed by atoms with E-state index in [0.717, 1.165) is 6.07 Å². The maximum atomic E-state index is 12.4. The molecule has 1 aromatic carbocycles. The van der Waals surface area contributed by atoms with E-state index in [-0.39, 0.29) is 12.8 Å². The molecule has 3 heteroatoms. The molecule has 1 aromatic rings. The molecule has 1 rings (SSSR count). The molecule has 0 aliphatic rings. The topological polar surface area (TPSA) is 0 Å². The zero-order valence-electron chi connectivity index (χ0n) is 8.44. The van der Waals surface area contributed by atoms with Gasteiger partial charge in [0.1, 0.15) is 0 Å². The van der Waals surface area contributed by atoms with E-state index in [1.165, 1.54) is 12.1 Å². The van der Waals surface area contributed by atoms with E-state index in [0.29, 0.717) is 5.56 Å². The van der Waals surface area contributed by atoms with E-state index in [1.807, 2.05) is 20.8 Å². The summed E-state index contributed by atoms with van der Waals surface area (Å²) in [6.07, 6.45) is -4.25. The number of hydrogen-bond donors (Lipinski definition) is 0. The Hall–Kier alpha value is -0.990. The molecule has 0 fully saturated rings. The molecule has 0 saturated carbocycles. The van der Waals surface area contributed by atoms with Crippen LogP contribution in [0.15, 0.2) is 24.3 Å². The van der Waals surface area contributed by atoms with Crippen LogP contribution in [0.25, 0.3) is 0 Å². The van der Waals surface area contributed by atoms with E-state index in [1.54, 1.807) is 6.07 Å². The summed E-state index contributed by atoms with van der Waals surface area (Å²) in [5.74, 6) is 0. The van der Waals surface area contributed by atoms with Gasteiger partial charge in [-0.1, -0.05) is 46.4 Å². The molecule has 15 heavy (non-hydrogen) atoms. The molecule has 0 N–H and O–H groups in total. The SMILES string of the molecule is C.CC(C)(C)c1cccc(C(F)(F)F)c1. The third-order valence-electron chi connectivity index (χ3n) is 2.06. The molecule has 0 nitrogen and oxygen atoms in total. The fraction of sp³-hybridized carbons (Fsp3) is 0.500. The minimum Gasteiger partial charge on any atom is -0.166 e. The van der Waals surface area contributed by atoms with Crippen molar-refractivity contribution in [1.82, 2.24) is 0 Å². The standard InChI is InChI=1S/C11H13F3.CH4/c1-10(2,3)8-5-4-6-9(7-8)11(12,13)14;/h4-7H,1-3H3;1H4. The first-order valence-electron chi connectivity index (χ1n) is 4.39. The lowest BCUT2D eigenvalue weighted by Gasteiger charge is -2.20. The first-order valence-corrected chi connectivity index (χ1v) is 4.39. The predicted octanol–water partition coefficient (Wildman–Crippen LogP) is 4.64. The molecule has 0 saturated heterocycles. The number of benzene rings is 1. The van der Waals surface area contributed by atoms with Gasteiger partial charge in [-0.25, -0.2) is 0 Å². The molecule has 86 valence electrons. The highest BCUT2D eigenvalue weighted by atomic mass is 19.4. The summed E-state index contributed by atoms with van der Waals surface area (Å²) >= 11 is 0. The lowest BCUT2D eigenvalue weighted by molar-refractivity contribution is -0.137. The van der Waals surface area contributed by atoms with Crippen LogP contribution in [-0.4, -0.2) is 0 Å². The first-order chi connectivity index (χ1) is 6.21. The van der Waals surface area contributed by atoms with Crippen LogP contribution in [0.2, 0.25) is 0 Å². The Morgan fingerprint density at radius 1 is 0.933 bits per heavy atom. The molecule has 0 aromatic heterocycles. The Morgan fingerprint density at radius 2 is 1.40 bits per heavy atom. The highest BCUT2D eigenvalue weighted by molar-refractivity contribution is 5.30. The van der Waals surface area contributed by atoms with Crippen molar-refractivity contribution in [3.8, 4) is 0 Å². The summed E-state index contributed by atoms with van der Waals surface area (Å²) in [4.78, 5) is 0. The molecule has 0 aliphatic carbocycles. The highest BCUT2D eigenvalue weighted by Gasteiger charge is 2.31. The van der Waals surface area contributed by atoms with Crippen molar-refractivity contribution in [3.05, 3.63) is 35.4 Å². The Bertz CT molecular complexity index is 289. The van der Waals surface area contributed by atoms with Crippen LogP contribution in [0.3, 0.4) is 0 Å². The van der Waals surface area contributed by atoms with Crippen molar-refractivity contribution in [1.29, 1.82) is 0 Å². The maximum Gasteiger partial charge on any atom is 0.416 e. The fourth-order valence-corrected chi connectivity index (χ4v) is 1.16. The minimum absolute atomic E-state index is 0. The van der Waals surface area contributed by atoms with Gasteiger partial charge in [-0.3, -0.25) is 0 Å². The van der Waals surface area contributed by atoms with E-state index < -0.39 is 11.7 Å². The average molecular weight is 218 g/mol. The minimum atomic E-state index is -4.25. The molecule has 0 bridgehead atoms. The molecular formula is C12H17F3. The number of hydrogen-bond acceptors (Lipinski definition) is 0. The van der Waals surface area contributed by atoms with E-state index >= 15 is 0 Å². The Morgan fingerprint density at radius 3 is 1.80 bits per heavy atom. The Kier molecular flexibility index (Phi) is 3.97. The zero-order valence-corrected chi connectivity index (χ0v) is 8.44. The van der Waals surface area contributed by atoms with Crippen molar-refractivity contribution >= 4 is 0 Å². The summed E-state index contributed by atoms with van der Waals surface area (Å²) in [5, 5.41) is 0. The monoisotopic (exact) mass is 218 g/mol. The third kappa shape index (κ3) is 3.57. The van der Waals surface area contributed by atoms with Crippen molar-refractivity contribution in [2.24, 2.45) is 0 Å². The van der Waals surface area contributed by atoms with Gasteiger partial charge in [0.2, 0.25) is 0 Å². The second kappa shape index (κ2) is 4.25. The van der Waals surface area contributed by atoms with Crippen LogP contribution in [-0.2, 0) is 11.6 Å². The second-order valence-corrected chi connectivity index (χ2v) is 4.33. The van der Waals surface area contributed by atoms with Crippen molar-refractivity contribution < 1.29 is 13.2 Å². The molecule has 0 atom stereocenters. The van der Waals surface area contributed by atoms with E-state index in [2.05, 4.69) is 0 Å². The van der Waals surface area contributed by atoms with Gasteiger partial charge in [0.15, 0.2) is 0 Å². The molecule has 0 unspecified atom stereocenters. The van der Waals surface area contributed by atoms with Gasteiger partial charge in [0.25, 0.3) is 0 Å². The lowest BCUT2D eigenvalue weighted by atomic mass is 9.86. The quantitative estimate of drug-likeness (QED) is 0.595. The Balaban J connectivity index is 0.00000196. The number of rotatable bonds is 0. The molecule has 0 aliphatic heterocycles. The lowest BCUT2D eigenvalue weighted by Crippen LogP contribution is -2.13. The predicted molar refractivity (Wildman–Crippen MR) is 56.9 cm³/mol.